The van der Waals surface area contributed by atoms with Crippen molar-refractivity contribution in [2.45, 2.75) is 13.3 Å². The van der Waals surface area contributed by atoms with Gasteiger partial charge in [-0.1, -0.05) is 6.07 Å². The molecule has 136 valence electrons. The lowest BCUT2D eigenvalue weighted by Gasteiger charge is -2.20. The van der Waals surface area contributed by atoms with Gasteiger partial charge in [0.1, 0.15) is 17.3 Å². The van der Waals surface area contributed by atoms with E-state index in [2.05, 4.69) is 10.3 Å². The van der Waals surface area contributed by atoms with Crippen molar-refractivity contribution in [1.82, 2.24) is 4.98 Å². The van der Waals surface area contributed by atoms with Gasteiger partial charge >= 0.3 is 0 Å². The largest absolute Gasteiger partial charge is 0.497 e. The highest BCUT2D eigenvalue weighted by atomic mass is 16.5. The summed E-state index contributed by atoms with van der Waals surface area (Å²) in [6, 6.07) is 10.6. The first-order valence-electron chi connectivity index (χ1n) is 8.28. The molecule has 1 aromatic heterocycles. The van der Waals surface area contributed by atoms with Crippen molar-refractivity contribution < 1.29 is 19.1 Å². The molecule has 1 aliphatic heterocycles. The molecule has 1 unspecified atom stereocenters. The Morgan fingerprint density at radius 3 is 2.73 bits per heavy atom. The van der Waals surface area contributed by atoms with Crippen LogP contribution in [-0.2, 0) is 9.59 Å². The van der Waals surface area contributed by atoms with E-state index in [-0.39, 0.29) is 18.2 Å². The van der Waals surface area contributed by atoms with Gasteiger partial charge in [-0.3, -0.25) is 9.59 Å². The monoisotopic (exact) mass is 355 g/mol. The highest BCUT2D eigenvalue weighted by Crippen LogP contribution is 2.35. The molecule has 2 heterocycles. The summed E-state index contributed by atoms with van der Waals surface area (Å²) in [4.78, 5) is 30.8. The van der Waals surface area contributed by atoms with Gasteiger partial charge in [-0.25, -0.2) is 4.98 Å². The summed E-state index contributed by atoms with van der Waals surface area (Å²) in [5.41, 5.74) is 1.44. The third-order valence-corrected chi connectivity index (χ3v) is 4.31. The zero-order valence-corrected chi connectivity index (χ0v) is 15.0. The van der Waals surface area contributed by atoms with Crippen LogP contribution in [0.1, 0.15) is 12.1 Å². The minimum atomic E-state index is -0.448. The Morgan fingerprint density at radius 2 is 2.04 bits per heavy atom. The van der Waals surface area contributed by atoms with E-state index in [1.54, 1.807) is 36.3 Å². The number of pyridine rings is 1. The average molecular weight is 355 g/mol. The predicted molar refractivity (Wildman–Crippen MR) is 97.6 cm³/mol. The lowest BCUT2D eigenvalue weighted by Crippen LogP contribution is -2.28. The van der Waals surface area contributed by atoms with Crippen LogP contribution in [0.3, 0.4) is 0 Å². The molecule has 1 N–H and O–H groups in total. The number of ether oxygens (including phenoxy) is 2. The standard InChI is InChI=1S/C19H21N3O4/c1-12-5-4-6-17(20-12)21-19(24)13-9-18(23)22(11-13)15-8-7-14(25-2)10-16(15)26-3/h4-8,10,13H,9,11H2,1-3H3,(H,20,21,24). The van der Waals surface area contributed by atoms with Gasteiger partial charge in [0.2, 0.25) is 11.8 Å². The molecule has 1 saturated heterocycles. The third kappa shape index (κ3) is 3.61. The first-order chi connectivity index (χ1) is 12.5. The van der Waals surface area contributed by atoms with Crippen LogP contribution < -0.4 is 19.7 Å². The second kappa shape index (κ2) is 7.43. The summed E-state index contributed by atoms with van der Waals surface area (Å²) in [6.45, 7) is 2.14. The lowest BCUT2D eigenvalue weighted by molar-refractivity contribution is -0.122. The number of hydrogen-bond donors (Lipinski definition) is 1. The number of aromatic nitrogens is 1. The SMILES string of the molecule is COc1ccc(N2CC(C(=O)Nc3cccc(C)n3)CC2=O)c(OC)c1. The molecular formula is C19H21N3O4. The number of nitrogens with zero attached hydrogens (tertiary/aromatic N) is 2. The number of carbonyl (C=O) groups is 2. The van der Waals surface area contributed by atoms with Gasteiger partial charge in [0.25, 0.3) is 0 Å². The van der Waals surface area contributed by atoms with E-state index >= 15 is 0 Å². The summed E-state index contributed by atoms with van der Waals surface area (Å²) in [6.07, 6.45) is 0.146. The van der Waals surface area contributed by atoms with E-state index < -0.39 is 5.92 Å². The minimum Gasteiger partial charge on any atom is -0.497 e. The average Bonchev–Trinajstić information content (AvgIpc) is 3.03. The topological polar surface area (TPSA) is 80.8 Å². The van der Waals surface area contributed by atoms with Crippen molar-refractivity contribution >= 4 is 23.3 Å². The van der Waals surface area contributed by atoms with Gasteiger partial charge in [0.05, 0.1) is 25.8 Å². The second-order valence-corrected chi connectivity index (χ2v) is 6.10. The fourth-order valence-corrected chi connectivity index (χ4v) is 2.96. The van der Waals surface area contributed by atoms with Crippen LogP contribution in [-0.4, -0.2) is 37.6 Å². The van der Waals surface area contributed by atoms with Gasteiger partial charge in [-0.2, -0.15) is 0 Å². The van der Waals surface area contributed by atoms with Crippen LogP contribution in [0, 0.1) is 12.8 Å². The Morgan fingerprint density at radius 1 is 1.23 bits per heavy atom. The van der Waals surface area contributed by atoms with E-state index in [9.17, 15) is 9.59 Å². The third-order valence-electron chi connectivity index (χ3n) is 4.31. The number of amides is 2. The molecule has 0 bridgehead atoms. The maximum absolute atomic E-state index is 12.5. The van der Waals surface area contributed by atoms with Gasteiger partial charge in [0.15, 0.2) is 0 Å². The smallest absolute Gasteiger partial charge is 0.230 e. The molecule has 1 aliphatic rings. The summed E-state index contributed by atoms with van der Waals surface area (Å²) in [5, 5.41) is 2.78. The molecule has 0 radical (unpaired) electrons. The number of hydrogen-bond acceptors (Lipinski definition) is 5. The van der Waals surface area contributed by atoms with Crippen LogP contribution in [0.25, 0.3) is 0 Å². The number of anilines is 2. The maximum atomic E-state index is 12.5. The Labute approximate surface area is 151 Å². The van der Waals surface area contributed by atoms with Gasteiger partial charge in [0, 0.05) is 24.7 Å². The highest BCUT2D eigenvalue weighted by molar-refractivity contribution is 6.04. The quantitative estimate of drug-likeness (QED) is 0.891. The predicted octanol–water partition coefficient (Wildman–Crippen LogP) is 2.40. The van der Waals surface area contributed by atoms with Crippen molar-refractivity contribution in [2.24, 2.45) is 5.92 Å². The Kier molecular flexibility index (Phi) is 5.06. The minimum absolute atomic E-state index is 0.120. The summed E-state index contributed by atoms with van der Waals surface area (Å²) in [7, 11) is 3.10. The molecule has 7 heteroatoms. The number of nitrogens with one attached hydrogen (secondary N) is 1. The van der Waals surface area contributed by atoms with E-state index in [0.29, 0.717) is 29.5 Å². The molecule has 0 spiro atoms. The molecule has 0 aliphatic carbocycles. The van der Waals surface area contributed by atoms with Crippen molar-refractivity contribution in [3.05, 3.63) is 42.1 Å². The molecule has 2 aromatic rings. The van der Waals surface area contributed by atoms with Gasteiger partial charge in [-0.05, 0) is 31.2 Å². The van der Waals surface area contributed by atoms with Crippen molar-refractivity contribution in [2.75, 3.05) is 31.0 Å². The molecule has 3 rings (SSSR count). The first-order valence-corrected chi connectivity index (χ1v) is 8.28. The molecule has 7 nitrogen and oxygen atoms in total. The van der Waals surface area contributed by atoms with Crippen LogP contribution in [0.15, 0.2) is 36.4 Å². The van der Waals surface area contributed by atoms with Crippen molar-refractivity contribution in [3.63, 3.8) is 0 Å². The highest BCUT2D eigenvalue weighted by Gasteiger charge is 2.36. The van der Waals surface area contributed by atoms with E-state index in [1.165, 1.54) is 7.11 Å². The van der Waals surface area contributed by atoms with E-state index in [1.807, 2.05) is 19.1 Å². The van der Waals surface area contributed by atoms with Crippen LogP contribution >= 0.6 is 0 Å². The van der Waals surface area contributed by atoms with Gasteiger partial charge in [-0.15, -0.1) is 0 Å². The normalized spacial score (nSPS) is 16.5. The molecular weight excluding hydrogens is 334 g/mol. The van der Waals surface area contributed by atoms with Crippen LogP contribution in [0.5, 0.6) is 11.5 Å². The molecule has 26 heavy (non-hydrogen) atoms. The summed E-state index contributed by atoms with van der Waals surface area (Å²) in [5.74, 6) is 0.868. The zero-order valence-electron chi connectivity index (χ0n) is 15.0. The van der Waals surface area contributed by atoms with Gasteiger partial charge < -0.3 is 19.7 Å². The van der Waals surface area contributed by atoms with E-state index in [0.717, 1.165) is 5.69 Å². The number of benzene rings is 1. The Hall–Kier alpha value is -3.09. The van der Waals surface area contributed by atoms with Crippen LogP contribution in [0.2, 0.25) is 0 Å². The Balaban J connectivity index is 1.75. The fraction of sp³-hybridized carbons (Fsp3) is 0.316. The number of aryl methyl sites for hydroxylation is 1. The van der Waals surface area contributed by atoms with Crippen molar-refractivity contribution in [3.8, 4) is 11.5 Å². The summed E-state index contributed by atoms with van der Waals surface area (Å²) >= 11 is 0. The van der Waals surface area contributed by atoms with Crippen molar-refractivity contribution in [1.29, 1.82) is 0 Å². The number of methoxy groups -OCH3 is 2. The molecule has 1 aromatic carbocycles. The Bertz CT molecular complexity index is 837. The molecule has 1 fully saturated rings. The van der Waals surface area contributed by atoms with Crippen LogP contribution in [0.4, 0.5) is 11.5 Å². The molecule has 2 amide bonds. The number of rotatable bonds is 5. The maximum Gasteiger partial charge on any atom is 0.230 e. The summed E-state index contributed by atoms with van der Waals surface area (Å²) < 4.78 is 10.6. The molecule has 0 saturated carbocycles. The zero-order chi connectivity index (χ0) is 18.7. The number of carbonyl (C=O) groups excluding carboxylic acids is 2. The second-order valence-electron chi connectivity index (χ2n) is 6.10. The lowest BCUT2D eigenvalue weighted by atomic mass is 10.1. The fourth-order valence-electron chi connectivity index (χ4n) is 2.96. The molecule has 1 atom stereocenters. The van der Waals surface area contributed by atoms with E-state index in [4.69, 9.17) is 9.47 Å². The first kappa shape index (κ1) is 17.7.